The Morgan fingerprint density at radius 2 is 1.04 bits per heavy atom. The summed E-state index contributed by atoms with van der Waals surface area (Å²) in [5, 5.41) is 9.69. The van der Waals surface area contributed by atoms with Gasteiger partial charge in [-0.25, -0.2) is 0 Å². The van der Waals surface area contributed by atoms with Crippen molar-refractivity contribution in [2.45, 2.75) is 103 Å². The average molecular weight is 359 g/mol. The van der Waals surface area contributed by atoms with Crippen molar-refractivity contribution in [2.75, 3.05) is 13.2 Å². The lowest BCUT2D eigenvalue weighted by Gasteiger charge is -2.12. The first-order chi connectivity index (χ1) is 12.1. The zero-order valence-electron chi connectivity index (χ0n) is 16.3. The molecule has 0 spiro atoms. The Morgan fingerprint density at radius 3 is 1.48 bits per heavy atom. The summed E-state index contributed by atoms with van der Waals surface area (Å²) in [6.07, 6.45) is 11.9. The molecule has 0 aromatic rings. The molecule has 0 rings (SSSR count). The Balaban J connectivity index is 3.49. The lowest BCUT2D eigenvalue weighted by molar-refractivity contribution is -0.152. The molecule has 0 aliphatic heterocycles. The van der Waals surface area contributed by atoms with E-state index < -0.39 is 6.10 Å². The van der Waals surface area contributed by atoms with Gasteiger partial charge in [0.05, 0.1) is 0 Å². The molecule has 0 aromatic heterocycles. The van der Waals surface area contributed by atoms with Crippen molar-refractivity contribution >= 4 is 11.9 Å². The highest BCUT2D eigenvalue weighted by Gasteiger charge is 2.11. The van der Waals surface area contributed by atoms with Crippen LogP contribution >= 0.6 is 0 Å². The van der Waals surface area contributed by atoms with Gasteiger partial charge in [-0.05, 0) is 12.8 Å². The normalized spacial score (nSPS) is 12.0. The van der Waals surface area contributed by atoms with Gasteiger partial charge in [0, 0.05) is 12.8 Å². The van der Waals surface area contributed by atoms with Crippen LogP contribution in [0.15, 0.2) is 0 Å². The Labute approximate surface area is 153 Å². The van der Waals surface area contributed by atoms with Gasteiger partial charge in [-0.3, -0.25) is 9.59 Å². The molecule has 0 bridgehead atoms. The molecule has 0 fully saturated rings. The third-order valence-corrected chi connectivity index (χ3v) is 4.09. The summed E-state index contributed by atoms with van der Waals surface area (Å²) in [5.41, 5.74) is 0. The van der Waals surface area contributed by atoms with Crippen molar-refractivity contribution in [2.24, 2.45) is 0 Å². The Hall–Kier alpha value is -1.10. The maximum Gasteiger partial charge on any atom is 0.305 e. The second-order valence-corrected chi connectivity index (χ2v) is 6.70. The summed E-state index contributed by atoms with van der Waals surface area (Å²) in [7, 11) is 0. The third-order valence-electron chi connectivity index (χ3n) is 4.09. The van der Waals surface area contributed by atoms with Gasteiger partial charge in [-0.2, -0.15) is 0 Å². The Bertz CT molecular complexity index is 330. The zero-order valence-corrected chi connectivity index (χ0v) is 16.3. The molecule has 1 N–H and O–H groups in total. The van der Waals surface area contributed by atoms with Crippen LogP contribution in [-0.4, -0.2) is 36.4 Å². The molecule has 0 aliphatic carbocycles. The van der Waals surface area contributed by atoms with Crippen LogP contribution in [0.3, 0.4) is 0 Å². The second-order valence-electron chi connectivity index (χ2n) is 6.70. The number of rotatable bonds is 17. The van der Waals surface area contributed by atoms with E-state index in [4.69, 9.17) is 9.47 Å². The first-order valence-corrected chi connectivity index (χ1v) is 10.1. The SMILES string of the molecule is CCCCCCCCCC(=O)OCC(O)COC(=O)CCCCCC. The summed E-state index contributed by atoms with van der Waals surface area (Å²) in [5.74, 6) is -0.594. The molecule has 0 amide bonds. The van der Waals surface area contributed by atoms with Crippen LogP contribution in [0.2, 0.25) is 0 Å². The predicted molar refractivity (Wildman–Crippen MR) is 99.3 cm³/mol. The fourth-order valence-corrected chi connectivity index (χ4v) is 2.49. The highest BCUT2D eigenvalue weighted by molar-refractivity contribution is 5.69. The molecular formula is C20H38O5. The molecular weight excluding hydrogens is 320 g/mol. The molecule has 1 atom stereocenters. The first-order valence-electron chi connectivity index (χ1n) is 10.1. The number of aliphatic hydroxyl groups excluding tert-OH is 1. The van der Waals surface area contributed by atoms with Crippen molar-refractivity contribution in [3.8, 4) is 0 Å². The molecule has 148 valence electrons. The van der Waals surface area contributed by atoms with Crippen molar-refractivity contribution < 1.29 is 24.2 Å². The van der Waals surface area contributed by atoms with Crippen LogP contribution < -0.4 is 0 Å². The van der Waals surface area contributed by atoms with Crippen LogP contribution in [-0.2, 0) is 19.1 Å². The molecule has 0 heterocycles. The van der Waals surface area contributed by atoms with Gasteiger partial charge in [0.1, 0.15) is 19.3 Å². The number of carbonyl (C=O) groups is 2. The van der Waals surface area contributed by atoms with Gasteiger partial charge >= 0.3 is 11.9 Å². The maximum absolute atomic E-state index is 11.6. The maximum atomic E-state index is 11.6. The van der Waals surface area contributed by atoms with E-state index >= 15 is 0 Å². The van der Waals surface area contributed by atoms with Gasteiger partial charge in [-0.1, -0.05) is 71.6 Å². The first kappa shape index (κ1) is 23.9. The van der Waals surface area contributed by atoms with E-state index in [1.807, 2.05) is 0 Å². The quantitative estimate of drug-likeness (QED) is 0.305. The van der Waals surface area contributed by atoms with E-state index in [2.05, 4.69) is 13.8 Å². The molecule has 1 unspecified atom stereocenters. The summed E-state index contributed by atoms with van der Waals surface area (Å²) >= 11 is 0. The lowest BCUT2D eigenvalue weighted by Crippen LogP contribution is -2.25. The number of aliphatic hydroxyl groups is 1. The van der Waals surface area contributed by atoms with E-state index in [0.717, 1.165) is 44.9 Å². The summed E-state index contributed by atoms with van der Waals surface area (Å²) in [4.78, 5) is 23.1. The Kier molecular flexibility index (Phi) is 16.9. The number of unbranched alkanes of at least 4 members (excludes halogenated alkanes) is 9. The molecule has 0 radical (unpaired) electrons. The Morgan fingerprint density at radius 1 is 0.680 bits per heavy atom. The molecule has 0 aliphatic rings. The monoisotopic (exact) mass is 358 g/mol. The zero-order chi connectivity index (χ0) is 18.8. The van der Waals surface area contributed by atoms with Crippen LogP contribution in [0.4, 0.5) is 0 Å². The van der Waals surface area contributed by atoms with Crippen LogP contribution in [0.5, 0.6) is 0 Å². The smallest absolute Gasteiger partial charge is 0.305 e. The van der Waals surface area contributed by atoms with E-state index in [1.54, 1.807) is 0 Å². The highest BCUT2D eigenvalue weighted by Crippen LogP contribution is 2.09. The minimum Gasteiger partial charge on any atom is -0.463 e. The van der Waals surface area contributed by atoms with Gasteiger partial charge in [0.15, 0.2) is 0 Å². The van der Waals surface area contributed by atoms with Gasteiger partial charge in [-0.15, -0.1) is 0 Å². The van der Waals surface area contributed by atoms with Crippen LogP contribution in [0.1, 0.15) is 97.3 Å². The minimum absolute atomic E-state index is 0.113. The highest BCUT2D eigenvalue weighted by atomic mass is 16.6. The minimum atomic E-state index is -0.947. The molecule has 0 saturated heterocycles. The van der Waals surface area contributed by atoms with Crippen molar-refractivity contribution in [3.05, 3.63) is 0 Å². The molecule has 5 nitrogen and oxygen atoms in total. The number of ether oxygens (including phenoxy) is 2. The molecule has 0 aromatic carbocycles. The van der Waals surface area contributed by atoms with Crippen molar-refractivity contribution in [1.29, 1.82) is 0 Å². The van der Waals surface area contributed by atoms with E-state index in [-0.39, 0.29) is 25.2 Å². The number of carbonyl (C=O) groups excluding carboxylic acids is 2. The molecule has 5 heteroatoms. The molecule has 25 heavy (non-hydrogen) atoms. The average Bonchev–Trinajstić information content (AvgIpc) is 2.61. The summed E-state index contributed by atoms with van der Waals surface area (Å²) < 4.78 is 10.00. The standard InChI is InChI=1S/C20H38O5/c1-3-5-7-9-10-11-13-15-20(23)25-17-18(21)16-24-19(22)14-12-8-6-4-2/h18,21H,3-17H2,1-2H3. The van der Waals surface area contributed by atoms with E-state index in [1.165, 1.54) is 25.7 Å². The predicted octanol–water partition coefficient (Wildman–Crippen LogP) is 4.54. The van der Waals surface area contributed by atoms with Crippen molar-refractivity contribution in [1.82, 2.24) is 0 Å². The largest absolute Gasteiger partial charge is 0.463 e. The fraction of sp³-hybridized carbons (Fsp3) is 0.900. The van der Waals surface area contributed by atoms with Crippen LogP contribution in [0.25, 0.3) is 0 Å². The lowest BCUT2D eigenvalue weighted by atomic mass is 10.1. The van der Waals surface area contributed by atoms with Gasteiger partial charge in [0.2, 0.25) is 0 Å². The molecule has 0 saturated carbocycles. The summed E-state index contributed by atoms with van der Waals surface area (Å²) in [6, 6.07) is 0. The summed E-state index contributed by atoms with van der Waals surface area (Å²) in [6.45, 7) is 4.08. The second kappa shape index (κ2) is 17.7. The van der Waals surface area contributed by atoms with Crippen LogP contribution in [0, 0.1) is 0 Å². The van der Waals surface area contributed by atoms with E-state index in [9.17, 15) is 14.7 Å². The number of esters is 2. The topological polar surface area (TPSA) is 72.8 Å². The van der Waals surface area contributed by atoms with Crippen molar-refractivity contribution in [3.63, 3.8) is 0 Å². The fourth-order valence-electron chi connectivity index (χ4n) is 2.49. The van der Waals surface area contributed by atoms with E-state index in [0.29, 0.717) is 12.8 Å². The van der Waals surface area contributed by atoms with Gasteiger partial charge < -0.3 is 14.6 Å². The number of hydrogen-bond acceptors (Lipinski definition) is 5. The van der Waals surface area contributed by atoms with Gasteiger partial charge in [0.25, 0.3) is 0 Å². The number of hydrogen-bond donors (Lipinski definition) is 1. The third kappa shape index (κ3) is 17.5.